The van der Waals surface area contributed by atoms with Gasteiger partial charge in [-0.15, -0.1) is 5.10 Å². The fourth-order valence-corrected chi connectivity index (χ4v) is 3.22. The van der Waals surface area contributed by atoms with Gasteiger partial charge >= 0.3 is 0 Å². The van der Waals surface area contributed by atoms with Crippen LogP contribution in [0, 0.1) is 13.8 Å². The number of aryl methyl sites for hydroxylation is 2. The lowest BCUT2D eigenvalue weighted by molar-refractivity contribution is -0.119. The molecule has 0 spiro atoms. The molecular formula is C16H21N5O2S. The summed E-state index contributed by atoms with van der Waals surface area (Å²) >= 11 is 1.32. The lowest BCUT2D eigenvalue weighted by atomic mass is 10.1. The molecule has 1 fully saturated rings. The third kappa shape index (κ3) is 4.12. The molecule has 24 heavy (non-hydrogen) atoms. The topological polar surface area (TPSA) is 81.9 Å². The highest BCUT2D eigenvalue weighted by atomic mass is 32.2. The van der Waals surface area contributed by atoms with Crippen LogP contribution in [0.2, 0.25) is 0 Å². The molecule has 1 aliphatic rings. The molecule has 0 aliphatic carbocycles. The highest BCUT2D eigenvalue weighted by Gasteiger charge is 2.17. The average Bonchev–Trinajstić information content (AvgIpc) is 3.25. The van der Waals surface area contributed by atoms with Crippen molar-refractivity contribution in [1.29, 1.82) is 0 Å². The standard InChI is InChI=1S/C16H21N5O2S/c1-11-5-6-13(8-12(11)2)21-16(18-19-20-21)24-10-15(22)17-9-14-4-3-7-23-14/h5-6,8,14H,3-4,7,9-10H2,1-2H3,(H,17,22)/t14-/m0/s1. The van der Waals surface area contributed by atoms with E-state index in [0.29, 0.717) is 11.7 Å². The second-order valence-corrected chi connectivity index (χ2v) is 6.81. The van der Waals surface area contributed by atoms with Crippen molar-refractivity contribution in [3.05, 3.63) is 29.3 Å². The first-order valence-corrected chi connectivity index (χ1v) is 8.99. The van der Waals surface area contributed by atoms with Crippen molar-refractivity contribution in [2.24, 2.45) is 0 Å². The van der Waals surface area contributed by atoms with Gasteiger partial charge in [-0.1, -0.05) is 17.8 Å². The van der Waals surface area contributed by atoms with E-state index in [1.54, 1.807) is 4.68 Å². The zero-order valence-electron chi connectivity index (χ0n) is 13.9. The summed E-state index contributed by atoms with van der Waals surface area (Å²) < 4.78 is 7.15. The van der Waals surface area contributed by atoms with E-state index in [1.165, 1.54) is 22.9 Å². The van der Waals surface area contributed by atoms with E-state index in [0.717, 1.165) is 25.1 Å². The number of rotatable bonds is 6. The Kier molecular flexibility index (Phi) is 5.47. The van der Waals surface area contributed by atoms with Crippen molar-refractivity contribution in [3.63, 3.8) is 0 Å². The normalized spacial score (nSPS) is 17.2. The predicted molar refractivity (Wildman–Crippen MR) is 91.3 cm³/mol. The van der Waals surface area contributed by atoms with Crippen LogP contribution in [0.1, 0.15) is 24.0 Å². The summed E-state index contributed by atoms with van der Waals surface area (Å²) in [5, 5.41) is 15.3. The lowest BCUT2D eigenvalue weighted by Crippen LogP contribution is -2.32. The highest BCUT2D eigenvalue weighted by molar-refractivity contribution is 7.99. The zero-order chi connectivity index (χ0) is 16.9. The minimum absolute atomic E-state index is 0.0369. The Labute approximate surface area is 145 Å². The molecule has 0 bridgehead atoms. The number of hydrogen-bond donors (Lipinski definition) is 1. The molecule has 3 rings (SSSR count). The molecule has 1 N–H and O–H groups in total. The summed E-state index contributed by atoms with van der Waals surface area (Å²) in [5.41, 5.74) is 3.29. The fraction of sp³-hybridized carbons (Fsp3) is 0.500. The van der Waals surface area contributed by atoms with E-state index in [-0.39, 0.29) is 17.8 Å². The summed E-state index contributed by atoms with van der Waals surface area (Å²) in [7, 11) is 0. The Morgan fingerprint density at radius 1 is 1.42 bits per heavy atom. The van der Waals surface area contributed by atoms with Gasteiger partial charge in [-0.2, -0.15) is 4.68 Å². The van der Waals surface area contributed by atoms with Crippen LogP contribution in [0.3, 0.4) is 0 Å². The second-order valence-electron chi connectivity index (χ2n) is 5.87. The van der Waals surface area contributed by atoms with Gasteiger partial charge in [0, 0.05) is 13.2 Å². The molecule has 2 aromatic rings. The van der Waals surface area contributed by atoms with Crippen molar-refractivity contribution in [3.8, 4) is 5.69 Å². The SMILES string of the molecule is Cc1ccc(-n2nnnc2SCC(=O)NC[C@@H]2CCCO2)cc1C. The van der Waals surface area contributed by atoms with Gasteiger partial charge < -0.3 is 10.1 Å². The van der Waals surface area contributed by atoms with Crippen LogP contribution in [-0.4, -0.2) is 51.1 Å². The van der Waals surface area contributed by atoms with Gasteiger partial charge in [-0.3, -0.25) is 4.79 Å². The van der Waals surface area contributed by atoms with Gasteiger partial charge in [0.05, 0.1) is 17.5 Å². The molecule has 1 atom stereocenters. The number of amides is 1. The Bertz CT molecular complexity index is 712. The summed E-state index contributed by atoms with van der Waals surface area (Å²) in [5.74, 6) is 0.239. The molecule has 0 saturated carbocycles. The highest BCUT2D eigenvalue weighted by Crippen LogP contribution is 2.20. The van der Waals surface area contributed by atoms with Gasteiger partial charge in [0.2, 0.25) is 11.1 Å². The molecule has 128 valence electrons. The summed E-state index contributed by atoms with van der Waals surface area (Å²) in [6.45, 7) is 5.48. The van der Waals surface area contributed by atoms with E-state index in [1.807, 2.05) is 18.2 Å². The van der Waals surface area contributed by atoms with Crippen molar-refractivity contribution in [2.45, 2.75) is 37.9 Å². The average molecular weight is 347 g/mol. The number of benzene rings is 1. The molecule has 1 saturated heterocycles. The van der Waals surface area contributed by atoms with Gasteiger partial charge in [-0.25, -0.2) is 0 Å². The first kappa shape index (κ1) is 16.9. The molecule has 1 aliphatic heterocycles. The van der Waals surface area contributed by atoms with E-state index >= 15 is 0 Å². The first-order chi connectivity index (χ1) is 11.6. The summed E-state index contributed by atoms with van der Waals surface area (Å²) in [6, 6.07) is 6.04. The monoisotopic (exact) mass is 347 g/mol. The number of carbonyl (C=O) groups excluding carboxylic acids is 1. The lowest BCUT2D eigenvalue weighted by Gasteiger charge is -2.10. The number of nitrogens with one attached hydrogen (secondary N) is 1. The number of tetrazole rings is 1. The number of hydrogen-bond acceptors (Lipinski definition) is 6. The maximum absolute atomic E-state index is 12.0. The molecular weight excluding hydrogens is 326 g/mol. The van der Waals surface area contributed by atoms with Gasteiger partial charge in [0.1, 0.15) is 0 Å². The zero-order valence-corrected chi connectivity index (χ0v) is 14.7. The van der Waals surface area contributed by atoms with Gasteiger partial charge in [-0.05, 0) is 60.4 Å². The summed E-state index contributed by atoms with van der Waals surface area (Å²) in [4.78, 5) is 12.0. The number of aromatic nitrogens is 4. The number of thioether (sulfide) groups is 1. The minimum atomic E-state index is -0.0369. The van der Waals surface area contributed by atoms with E-state index in [4.69, 9.17) is 4.74 Å². The van der Waals surface area contributed by atoms with Gasteiger partial charge in [0.25, 0.3) is 0 Å². The molecule has 0 unspecified atom stereocenters. The first-order valence-electron chi connectivity index (χ1n) is 8.00. The van der Waals surface area contributed by atoms with Crippen molar-refractivity contribution in [1.82, 2.24) is 25.5 Å². The van der Waals surface area contributed by atoms with Crippen LogP contribution in [0.15, 0.2) is 23.4 Å². The van der Waals surface area contributed by atoms with Gasteiger partial charge in [0.15, 0.2) is 0 Å². The van der Waals surface area contributed by atoms with Crippen LogP contribution in [0.5, 0.6) is 0 Å². The second kappa shape index (κ2) is 7.76. The third-order valence-corrected chi connectivity index (χ3v) is 4.98. The maximum atomic E-state index is 12.0. The minimum Gasteiger partial charge on any atom is -0.376 e. The van der Waals surface area contributed by atoms with Crippen molar-refractivity contribution < 1.29 is 9.53 Å². The number of ether oxygens (including phenoxy) is 1. The van der Waals surface area contributed by atoms with E-state index in [9.17, 15) is 4.79 Å². The number of carbonyl (C=O) groups is 1. The Balaban J connectivity index is 1.57. The van der Waals surface area contributed by atoms with Crippen LogP contribution in [0.25, 0.3) is 5.69 Å². The molecule has 8 heteroatoms. The van der Waals surface area contributed by atoms with E-state index in [2.05, 4.69) is 34.7 Å². The van der Waals surface area contributed by atoms with Crippen LogP contribution < -0.4 is 5.32 Å². The predicted octanol–water partition coefficient (Wildman–Crippen LogP) is 1.67. The molecule has 7 nitrogen and oxygen atoms in total. The van der Waals surface area contributed by atoms with Crippen molar-refractivity contribution in [2.75, 3.05) is 18.9 Å². The van der Waals surface area contributed by atoms with Crippen LogP contribution in [-0.2, 0) is 9.53 Å². The van der Waals surface area contributed by atoms with Crippen molar-refractivity contribution >= 4 is 17.7 Å². The van der Waals surface area contributed by atoms with Crippen LogP contribution >= 0.6 is 11.8 Å². The Morgan fingerprint density at radius 3 is 3.04 bits per heavy atom. The summed E-state index contributed by atoms with van der Waals surface area (Å²) in [6.07, 6.45) is 2.23. The molecule has 0 radical (unpaired) electrons. The van der Waals surface area contributed by atoms with Crippen LogP contribution in [0.4, 0.5) is 0 Å². The third-order valence-electron chi connectivity index (χ3n) is 4.06. The Hall–Kier alpha value is -1.93. The fourth-order valence-electron chi connectivity index (χ4n) is 2.50. The quantitative estimate of drug-likeness (QED) is 0.801. The molecule has 1 aromatic heterocycles. The largest absolute Gasteiger partial charge is 0.376 e. The smallest absolute Gasteiger partial charge is 0.230 e. The molecule has 1 amide bonds. The van der Waals surface area contributed by atoms with E-state index < -0.39 is 0 Å². The molecule has 1 aromatic carbocycles. The number of nitrogens with zero attached hydrogens (tertiary/aromatic N) is 4. The maximum Gasteiger partial charge on any atom is 0.230 e. The Morgan fingerprint density at radius 2 is 2.29 bits per heavy atom. The molecule has 2 heterocycles.